The van der Waals surface area contributed by atoms with Crippen molar-refractivity contribution in [3.8, 4) is 0 Å². The largest absolute Gasteiger partial charge is 0.478 e. The van der Waals surface area contributed by atoms with Gasteiger partial charge in [0.2, 0.25) is 0 Å². The Balaban J connectivity index is 2.34. The van der Waals surface area contributed by atoms with Gasteiger partial charge in [-0.2, -0.15) is 0 Å². The Morgan fingerprint density at radius 1 is 1.48 bits per heavy atom. The number of aromatic carboxylic acids is 1. The summed E-state index contributed by atoms with van der Waals surface area (Å²) < 4.78 is 0. The van der Waals surface area contributed by atoms with Gasteiger partial charge in [-0.3, -0.25) is 15.1 Å². The summed E-state index contributed by atoms with van der Waals surface area (Å²) in [5, 5.41) is 19.9. The Hall–Kier alpha value is -3.03. The van der Waals surface area contributed by atoms with Crippen LogP contribution >= 0.6 is 0 Å². The lowest BCUT2D eigenvalue weighted by molar-refractivity contribution is -0.385. The summed E-state index contributed by atoms with van der Waals surface area (Å²) in [6.07, 6.45) is 4.33. The summed E-state index contributed by atoms with van der Waals surface area (Å²) in [5.74, 6) is -1.10. The number of carboxylic acid groups (broad SMARTS) is 1. The predicted molar refractivity (Wildman–Crippen MR) is 74.2 cm³/mol. The minimum atomic E-state index is -1.26. The Labute approximate surface area is 119 Å². The Morgan fingerprint density at radius 2 is 2.24 bits per heavy atom. The molecule has 0 atom stereocenters. The van der Waals surface area contributed by atoms with E-state index >= 15 is 0 Å². The first kappa shape index (κ1) is 14.4. The van der Waals surface area contributed by atoms with E-state index in [1.165, 1.54) is 0 Å². The van der Waals surface area contributed by atoms with Crippen LogP contribution in [0.25, 0.3) is 0 Å². The normalized spacial score (nSPS) is 10.1. The lowest BCUT2D eigenvalue weighted by Gasteiger charge is -2.19. The van der Waals surface area contributed by atoms with E-state index in [1.54, 1.807) is 30.4 Å². The highest BCUT2D eigenvalue weighted by Gasteiger charge is 2.20. The molecule has 0 saturated heterocycles. The van der Waals surface area contributed by atoms with Gasteiger partial charge in [0.15, 0.2) is 0 Å². The van der Waals surface area contributed by atoms with E-state index in [2.05, 4.69) is 9.97 Å². The number of aromatic nitrogens is 2. The van der Waals surface area contributed by atoms with Crippen molar-refractivity contribution in [3.05, 3.63) is 58.0 Å². The van der Waals surface area contributed by atoms with Crippen LogP contribution in [0.2, 0.25) is 0 Å². The van der Waals surface area contributed by atoms with Crippen molar-refractivity contribution in [2.75, 3.05) is 11.9 Å². The van der Waals surface area contributed by atoms with Gasteiger partial charge in [-0.05, 0) is 11.6 Å². The molecule has 2 heterocycles. The zero-order valence-corrected chi connectivity index (χ0v) is 11.1. The fourth-order valence-corrected chi connectivity index (χ4v) is 1.85. The number of carboxylic acids is 1. The van der Waals surface area contributed by atoms with E-state index in [0.29, 0.717) is 6.54 Å². The SMILES string of the molecule is CN(Cc1cccnc1)c1ncc([N+](=O)[O-])cc1C(=O)O. The highest BCUT2D eigenvalue weighted by atomic mass is 16.6. The van der Waals surface area contributed by atoms with Gasteiger partial charge >= 0.3 is 5.97 Å². The molecule has 8 nitrogen and oxygen atoms in total. The van der Waals surface area contributed by atoms with Gasteiger partial charge in [0.25, 0.3) is 5.69 Å². The number of rotatable bonds is 5. The summed E-state index contributed by atoms with van der Waals surface area (Å²) in [7, 11) is 1.66. The van der Waals surface area contributed by atoms with E-state index in [1.807, 2.05) is 6.07 Å². The van der Waals surface area contributed by atoms with E-state index in [0.717, 1.165) is 17.8 Å². The van der Waals surface area contributed by atoms with E-state index in [9.17, 15) is 20.0 Å². The number of hydrogen-bond donors (Lipinski definition) is 1. The van der Waals surface area contributed by atoms with Crippen LogP contribution in [0.4, 0.5) is 11.5 Å². The van der Waals surface area contributed by atoms with Crippen LogP contribution in [0, 0.1) is 10.1 Å². The van der Waals surface area contributed by atoms with Crippen molar-refractivity contribution in [1.29, 1.82) is 0 Å². The molecule has 0 radical (unpaired) electrons. The molecule has 0 spiro atoms. The monoisotopic (exact) mass is 288 g/mol. The molecule has 0 fully saturated rings. The van der Waals surface area contributed by atoms with Gasteiger partial charge in [0.1, 0.15) is 17.6 Å². The molecule has 0 aliphatic heterocycles. The van der Waals surface area contributed by atoms with Crippen LogP contribution in [-0.2, 0) is 6.54 Å². The van der Waals surface area contributed by atoms with Crippen molar-refractivity contribution in [2.24, 2.45) is 0 Å². The molecule has 0 aliphatic carbocycles. The molecule has 8 heteroatoms. The first-order valence-electron chi connectivity index (χ1n) is 5.97. The Bertz CT molecular complexity index is 675. The average molecular weight is 288 g/mol. The third-order valence-electron chi connectivity index (χ3n) is 2.80. The second-order valence-electron chi connectivity index (χ2n) is 4.34. The number of hydrogen-bond acceptors (Lipinski definition) is 6. The van der Waals surface area contributed by atoms with E-state index in [-0.39, 0.29) is 17.1 Å². The van der Waals surface area contributed by atoms with Crippen LogP contribution < -0.4 is 4.90 Å². The quantitative estimate of drug-likeness (QED) is 0.658. The third-order valence-corrected chi connectivity index (χ3v) is 2.80. The number of nitrogens with zero attached hydrogens (tertiary/aromatic N) is 4. The first-order valence-corrected chi connectivity index (χ1v) is 5.97. The van der Waals surface area contributed by atoms with Crippen LogP contribution in [0.5, 0.6) is 0 Å². The molecule has 21 heavy (non-hydrogen) atoms. The maximum absolute atomic E-state index is 11.3. The molecule has 2 rings (SSSR count). The lowest BCUT2D eigenvalue weighted by Crippen LogP contribution is -2.21. The van der Waals surface area contributed by atoms with Crippen LogP contribution in [-0.4, -0.2) is 33.0 Å². The summed E-state index contributed by atoms with van der Waals surface area (Å²) in [6.45, 7) is 0.388. The molecule has 108 valence electrons. The number of nitro groups is 1. The highest BCUT2D eigenvalue weighted by molar-refractivity contribution is 5.94. The molecule has 0 unspecified atom stereocenters. The second kappa shape index (κ2) is 5.95. The maximum atomic E-state index is 11.3. The number of carbonyl (C=O) groups is 1. The second-order valence-corrected chi connectivity index (χ2v) is 4.34. The van der Waals surface area contributed by atoms with Gasteiger partial charge in [-0.15, -0.1) is 0 Å². The smallest absolute Gasteiger partial charge is 0.339 e. The maximum Gasteiger partial charge on any atom is 0.339 e. The fraction of sp³-hybridized carbons (Fsp3) is 0.154. The Morgan fingerprint density at radius 3 is 2.81 bits per heavy atom. The van der Waals surface area contributed by atoms with Gasteiger partial charge < -0.3 is 10.0 Å². The van der Waals surface area contributed by atoms with Crippen molar-refractivity contribution in [3.63, 3.8) is 0 Å². The summed E-state index contributed by atoms with van der Waals surface area (Å²) in [5.41, 5.74) is 0.304. The molecule has 0 aliphatic rings. The standard InChI is InChI=1S/C13H12N4O4/c1-16(8-9-3-2-4-14-6-9)12-11(13(18)19)5-10(7-15-12)17(20)21/h2-7H,8H2,1H3,(H,18,19). The zero-order chi connectivity index (χ0) is 15.4. The van der Waals surface area contributed by atoms with E-state index in [4.69, 9.17) is 0 Å². The van der Waals surface area contributed by atoms with Crippen LogP contribution in [0.3, 0.4) is 0 Å². The molecule has 0 amide bonds. The Kier molecular flexibility index (Phi) is 4.07. The molecule has 2 aromatic heterocycles. The summed E-state index contributed by atoms with van der Waals surface area (Å²) in [4.78, 5) is 30.7. The molecule has 2 aromatic rings. The number of anilines is 1. The van der Waals surface area contributed by atoms with Gasteiger partial charge in [-0.25, -0.2) is 9.78 Å². The van der Waals surface area contributed by atoms with Crippen molar-refractivity contribution in [2.45, 2.75) is 6.54 Å². The molecule has 0 aromatic carbocycles. The molecular formula is C13H12N4O4. The number of pyridine rings is 2. The van der Waals surface area contributed by atoms with Gasteiger partial charge in [-0.1, -0.05) is 6.07 Å². The minimum absolute atomic E-state index is 0.164. The van der Waals surface area contributed by atoms with Gasteiger partial charge in [0, 0.05) is 32.1 Å². The predicted octanol–water partition coefficient (Wildman–Crippen LogP) is 1.72. The van der Waals surface area contributed by atoms with E-state index < -0.39 is 10.9 Å². The van der Waals surface area contributed by atoms with Crippen molar-refractivity contribution >= 4 is 17.5 Å². The highest BCUT2D eigenvalue weighted by Crippen LogP contribution is 2.22. The molecule has 0 saturated carbocycles. The van der Waals surface area contributed by atoms with Crippen LogP contribution in [0.15, 0.2) is 36.8 Å². The zero-order valence-electron chi connectivity index (χ0n) is 11.1. The fourth-order valence-electron chi connectivity index (χ4n) is 1.85. The van der Waals surface area contributed by atoms with Crippen molar-refractivity contribution < 1.29 is 14.8 Å². The average Bonchev–Trinajstić information content (AvgIpc) is 2.47. The van der Waals surface area contributed by atoms with Crippen LogP contribution in [0.1, 0.15) is 15.9 Å². The summed E-state index contributed by atoms with van der Waals surface area (Å²) >= 11 is 0. The first-order chi connectivity index (χ1) is 9.99. The molecule has 1 N–H and O–H groups in total. The summed E-state index contributed by atoms with van der Waals surface area (Å²) in [6, 6.07) is 4.62. The van der Waals surface area contributed by atoms with Gasteiger partial charge in [0.05, 0.1) is 4.92 Å². The minimum Gasteiger partial charge on any atom is -0.478 e. The topological polar surface area (TPSA) is 109 Å². The lowest BCUT2D eigenvalue weighted by atomic mass is 10.2. The molecular weight excluding hydrogens is 276 g/mol. The third kappa shape index (κ3) is 3.30. The molecule has 0 bridgehead atoms. The van der Waals surface area contributed by atoms with Crippen molar-refractivity contribution in [1.82, 2.24) is 9.97 Å².